The van der Waals surface area contributed by atoms with E-state index in [4.69, 9.17) is 16.3 Å². The predicted molar refractivity (Wildman–Crippen MR) is 164 cm³/mol. The summed E-state index contributed by atoms with van der Waals surface area (Å²) in [6.45, 7) is 23.4. The van der Waals surface area contributed by atoms with Crippen LogP contribution < -0.4 is 0 Å². The third kappa shape index (κ3) is 6.42. The first-order valence-corrected chi connectivity index (χ1v) is 14.0. The molecule has 0 radical (unpaired) electrons. The van der Waals surface area contributed by atoms with Crippen LogP contribution in [0.15, 0.2) is 82.3 Å². The molecular weight excluding hydrogens is 506 g/mol. The fraction of sp³-hybridized carbons (Fsp3) is 0.371. The smallest absolute Gasteiger partial charge is 0.237 e. The highest BCUT2D eigenvalue weighted by Crippen LogP contribution is 2.42. The van der Waals surface area contributed by atoms with E-state index in [0.29, 0.717) is 11.5 Å². The number of nitrogens with zero attached hydrogens (tertiary/aromatic N) is 5. The Kier molecular flexibility index (Phi) is 8.23. The number of hydrogen-bond acceptors (Lipinski definition) is 4. The van der Waals surface area contributed by atoms with E-state index in [9.17, 15) is 10.5 Å². The Hall–Kier alpha value is -4.60. The maximum absolute atomic E-state index is 9.31. The summed E-state index contributed by atoms with van der Waals surface area (Å²) in [7, 11) is 0. The molecule has 0 N–H and O–H groups in total. The van der Waals surface area contributed by atoms with Gasteiger partial charge in [-0.15, -0.1) is 0 Å². The third-order valence-electron chi connectivity index (χ3n) is 7.28. The van der Waals surface area contributed by atoms with Gasteiger partial charge < -0.3 is 9.30 Å². The van der Waals surface area contributed by atoms with Crippen LogP contribution in [0.2, 0.25) is 0 Å². The monoisotopic (exact) mass is 543 g/mol. The predicted octanol–water partition coefficient (Wildman–Crippen LogP) is 8.53. The van der Waals surface area contributed by atoms with E-state index in [-0.39, 0.29) is 22.4 Å². The molecule has 2 aliphatic rings. The van der Waals surface area contributed by atoms with Gasteiger partial charge in [-0.25, -0.2) is 9.83 Å². The Bertz CT molecular complexity index is 1680. The first-order chi connectivity index (χ1) is 19.4. The molecule has 0 spiro atoms. The largest absolute Gasteiger partial charge is 0.493 e. The molecule has 4 rings (SSSR count). The summed E-state index contributed by atoms with van der Waals surface area (Å²) >= 11 is 0. The third-order valence-corrected chi connectivity index (χ3v) is 7.28. The van der Waals surface area contributed by atoms with Crippen LogP contribution in [0.1, 0.15) is 65.8 Å². The minimum atomic E-state index is -0.821. The van der Waals surface area contributed by atoms with Gasteiger partial charge in [-0.05, 0) is 79.9 Å². The molecule has 0 saturated carbocycles. The molecule has 2 aromatic rings. The van der Waals surface area contributed by atoms with Gasteiger partial charge in [0.2, 0.25) is 5.70 Å². The Morgan fingerprint density at radius 1 is 1.15 bits per heavy atom. The Morgan fingerprint density at radius 3 is 2.54 bits per heavy atom. The molecule has 208 valence electrons. The van der Waals surface area contributed by atoms with Gasteiger partial charge in [0.15, 0.2) is 11.3 Å². The summed E-state index contributed by atoms with van der Waals surface area (Å²) in [6, 6.07) is 10.1. The zero-order chi connectivity index (χ0) is 29.9. The van der Waals surface area contributed by atoms with E-state index in [0.717, 1.165) is 30.7 Å². The van der Waals surface area contributed by atoms with E-state index in [1.54, 1.807) is 0 Å². The molecule has 2 heterocycles. The van der Waals surface area contributed by atoms with Crippen molar-refractivity contribution in [3.8, 4) is 12.1 Å². The van der Waals surface area contributed by atoms with Crippen molar-refractivity contribution in [1.29, 1.82) is 10.5 Å². The highest BCUT2D eigenvalue weighted by molar-refractivity contribution is 5.79. The summed E-state index contributed by atoms with van der Waals surface area (Å²) in [5.41, 5.74) is 5.79. The number of benzene rings is 1. The van der Waals surface area contributed by atoms with Crippen LogP contribution in [0.3, 0.4) is 0 Å². The molecule has 1 aliphatic carbocycles. The van der Waals surface area contributed by atoms with Crippen molar-refractivity contribution in [2.24, 2.45) is 11.3 Å². The summed E-state index contributed by atoms with van der Waals surface area (Å²) in [4.78, 5) is 8.54. The molecule has 0 bridgehead atoms. The normalized spacial score (nSPS) is 19.1. The number of rotatable bonds is 6. The zero-order valence-electron chi connectivity index (χ0n) is 25.0. The van der Waals surface area contributed by atoms with Crippen molar-refractivity contribution < 1.29 is 4.74 Å². The Labute approximate surface area is 243 Å². The highest BCUT2D eigenvalue weighted by atomic mass is 16.5. The molecule has 6 heteroatoms. The Balaban J connectivity index is 1.68. The van der Waals surface area contributed by atoms with E-state index in [1.807, 2.05) is 38.1 Å². The molecular formula is C35H37N5O. The van der Waals surface area contributed by atoms with Crippen LogP contribution in [-0.4, -0.2) is 15.2 Å². The molecule has 6 nitrogen and oxygen atoms in total. The number of hydrogen-bond donors (Lipinski definition) is 0. The standard InChI is InChI=1S/C35H37N5O/c1-23(2)22-40-30-16-24(3)12-14-29(30)39-31(40)15-13-26-17-25(18-34(4,5)19-26)10-9-11-28-32(38-8)33(27(20-36)21-37)41-35(28,6)7/h9-17,23H,18-19,22H2,1-7H3/b11-9?,15-13+,25-10?. The van der Waals surface area contributed by atoms with E-state index < -0.39 is 5.60 Å². The molecule has 1 aromatic carbocycles. The number of fused-ring (bicyclic) bond motifs is 1. The second-order valence-corrected chi connectivity index (χ2v) is 12.6. The van der Waals surface area contributed by atoms with Gasteiger partial charge in [0, 0.05) is 12.1 Å². The van der Waals surface area contributed by atoms with Crippen molar-refractivity contribution >= 4 is 17.1 Å². The fourth-order valence-corrected chi connectivity index (χ4v) is 5.56. The van der Waals surface area contributed by atoms with Crippen LogP contribution in [-0.2, 0) is 11.3 Å². The van der Waals surface area contributed by atoms with Gasteiger partial charge in [0.05, 0.1) is 17.6 Å². The summed E-state index contributed by atoms with van der Waals surface area (Å²) in [5.74, 6) is 1.53. The van der Waals surface area contributed by atoms with Gasteiger partial charge in [-0.1, -0.05) is 64.1 Å². The van der Waals surface area contributed by atoms with Crippen LogP contribution in [0, 0.1) is 47.5 Å². The van der Waals surface area contributed by atoms with Crippen molar-refractivity contribution in [2.75, 3.05) is 0 Å². The van der Waals surface area contributed by atoms with Crippen molar-refractivity contribution in [2.45, 2.75) is 73.5 Å². The topological polar surface area (TPSA) is 79.0 Å². The van der Waals surface area contributed by atoms with Gasteiger partial charge >= 0.3 is 0 Å². The van der Waals surface area contributed by atoms with E-state index in [2.05, 4.69) is 86.5 Å². The number of aryl methyl sites for hydroxylation is 1. The van der Waals surface area contributed by atoms with E-state index >= 15 is 0 Å². The maximum Gasteiger partial charge on any atom is 0.237 e. The average Bonchev–Trinajstić information content (AvgIpc) is 3.35. The molecule has 0 amide bonds. The summed E-state index contributed by atoms with van der Waals surface area (Å²) < 4.78 is 8.20. The first-order valence-electron chi connectivity index (χ1n) is 14.0. The zero-order valence-corrected chi connectivity index (χ0v) is 25.0. The number of aromatic nitrogens is 2. The van der Waals surface area contributed by atoms with Gasteiger partial charge in [0.25, 0.3) is 0 Å². The summed E-state index contributed by atoms with van der Waals surface area (Å²) in [6.07, 6.45) is 14.3. The molecule has 1 aliphatic heterocycles. The SMILES string of the molecule is [C-]#[N+]C1=C(C=CC=C2C=C(/C=C/c3nc4ccc(C)cc4n3CC(C)C)CC(C)(C)C2)C(C)(C)OC1=C(C#N)C#N. The number of allylic oxidation sites excluding steroid dienone is 7. The number of nitriles is 2. The second kappa shape index (κ2) is 11.5. The minimum Gasteiger partial charge on any atom is -0.493 e. The van der Waals surface area contributed by atoms with Crippen molar-refractivity contribution in [1.82, 2.24) is 9.55 Å². The fourth-order valence-electron chi connectivity index (χ4n) is 5.56. The van der Waals surface area contributed by atoms with Gasteiger partial charge in [0.1, 0.15) is 23.6 Å². The highest BCUT2D eigenvalue weighted by Gasteiger charge is 2.38. The quantitative estimate of drug-likeness (QED) is 0.270. The molecule has 0 saturated heterocycles. The molecule has 0 unspecified atom stereocenters. The maximum atomic E-state index is 9.31. The molecule has 1 aromatic heterocycles. The molecule has 0 atom stereocenters. The summed E-state index contributed by atoms with van der Waals surface area (Å²) in [5, 5.41) is 18.6. The van der Waals surface area contributed by atoms with Gasteiger partial charge in [-0.2, -0.15) is 10.5 Å². The van der Waals surface area contributed by atoms with Crippen LogP contribution in [0.25, 0.3) is 22.0 Å². The molecule has 41 heavy (non-hydrogen) atoms. The number of imidazole rings is 1. The second-order valence-electron chi connectivity index (χ2n) is 12.6. The lowest BCUT2D eigenvalue weighted by Crippen LogP contribution is -2.20. The lowest BCUT2D eigenvalue weighted by molar-refractivity contribution is 0.0953. The van der Waals surface area contributed by atoms with Gasteiger partial charge in [-0.3, -0.25) is 0 Å². The lowest BCUT2D eigenvalue weighted by atomic mass is 9.75. The van der Waals surface area contributed by atoms with Crippen LogP contribution in [0.5, 0.6) is 0 Å². The van der Waals surface area contributed by atoms with Crippen molar-refractivity contribution in [3.63, 3.8) is 0 Å². The lowest BCUT2D eigenvalue weighted by Gasteiger charge is -2.30. The minimum absolute atomic E-state index is 0.0621. The average molecular weight is 544 g/mol. The van der Waals surface area contributed by atoms with Crippen LogP contribution >= 0.6 is 0 Å². The molecule has 0 fully saturated rings. The Morgan fingerprint density at radius 2 is 1.88 bits per heavy atom. The first kappa shape index (κ1) is 29.4. The van der Waals surface area contributed by atoms with Crippen LogP contribution in [0.4, 0.5) is 0 Å². The van der Waals surface area contributed by atoms with Crippen molar-refractivity contribution in [3.05, 3.63) is 105 Å². The number of ether oxygens (including phenoxy) is 1. The van der Waals surface area contributed by atoms with E-state index in [1.165, 1.54) is 22.2 Å².